The quantitative estimate of drug-likeness (QED) is 0.511. The van der Waals surface area contributed by atoms with Crippen LogP contribution in [0.2, 0.25) is 0 Å². The van der Waals surface area contributed by atoms with Gasteiger partial charge in [0.1, 0.15) is 11.8 Å². The second-order valence-electron chi connectivity index (χ2n) is 2.09. The van der Waals surface area contributed by atoms with Crippen LogP contribution in [0.3, 0.4) is 0 Å². The van der Waals surface area contributed by atoms with Gasteiger partial charge in [0.25, 0.3) is 0 Å². The van der Waals surface area contributed by atoms with Crippen LogP contribution in [0.5, 0.6) is 0 Å². The van der Waals surface area contributed by atoms with Gasteiger partial charge in [-0.25, -0.2) is 4.98 Å². The van der Waals surface area contributed by atoms with Crippen LogP contribution in [0.25, 0.3) is 0 Å². The number of aryl methyl sites for hydroxylation is 1. The minimum Gasteiger partial charge on any atom is -0.241 e. The lowest BCUT2D eigenvalue weighted by Crippen LogP contribution is -1.89. The van der Waals surface area contributed by atoms with E-state index in [1.165, 1.54) is 0 Å². The van der Waals surface area contributed by atoms with Gasteiger partial charge in [-0.15, -0.1) is 6.42 Å². The summed E-state index contributed by atoms with van der Waals surface area (Å²) in [4.78, 5) is 3.96. The number of nitriles is 1. The topological polar surface area (TPSA) is 36.7 Å². The van der Waals surface area contributed by atoms with E-state index < -0.39 is 0 Å². The second kappa shape index (κ2) is 2.86. The summed E-state index contributed by atoms with van der Waals surface area (Å²) in [5.41, 5.74) is 1.87. The Morgan fingerprint density at radius 1 is 1.55 bits per heavy atom. The largest absolute Gasteiger partial charge is 0.241 e. The van der Waals surface area contributed by atoms with Crippen molar-refractivity contribution in [3.05, 3.63) is 29.1 Å². The summed E-state index contributed by atoms with van der Waals surface area (Å²) in [6.45, 7) is 1.79. The van der Waals surface area contributed by atoms with E-state index >= 15 is 0 Å². The highest BCUT2D eigenvalue weighted by molar-refractivity contribution is 5.38. The van der Waals surface area contributed by atoms with Gasteiger partial charge in [0, 0.05) is 5.56 Å². The third kappa shape index (κ3) is 1.36. The monoisotopic (exact) mass is 142 g/mol. The van der Waals surface area contributed by atoms with Gasteiger partial charge in [0.15, 0.2) is 0 Å². The molecule has 1 heterocycles. The molecule has 52 valence electrons. The van der Waals surface area contributed by atoms with Crippen molar-refractivity contribution in [3.8, 4) is 18.4 Å². The van der Waals surface area contributed by atoms with Gasteiger partial charge >= 0.3 is 0 Å². The Hall–Kier alpha value is -1.80. The summed E-state index contributed by atoms with van der Waals surface area (Å²) in [5.74, 6) is 2.47. The first-order valence-corrected chi connectivity index (χ1v) is 3.12. The molecule has 0 radical (unpaired) electrons. The van der Waals surface area contributed by atoms with E-state index in [-0.39, 0.29) is 0 Å². The van der Waals surface area contributed by atoms with Gasteiger partial charge in [-0.2, -0.15) is 5.26 Å². The molecular weight excluding hydrogens is 136 g/mol. The molecule has 0 aliphatic heterocycles. The SMILES string of the molecule is C#Cc1ccc(C#N)nc1C. The van der Waals surface area contributed by atoms with Crippen LogP contribution >= 0.6 is 0 Å². The maximum Gasteiger partial charge on any atom is 0.140 e. The molecule has 0 spiro atoms. The van der Waals surface area contributed by atoms with Crippen LogP contribution in [0.1, 0.15) is 17.0 Å². The highest BCUT2D eigenvalue weighted by Crippen LogP contribution is 2.03. The second-order valence-corrected chi connectivity index (χ2v) is 2.09. The first kappa shape index (κ1) is 7.31. The summed E-state index contributed by atoms with van der Waals surface area (Å²) < 4.78 is 0. The van der Waals surface area contributed by atoms with Gasteiger partial charge in [0.2, 0.25) is 0 Å². The molecule has 0 amide bonds. The minimum atomic E-state index is 0.404. The maximum absolute atomic E-state index is 8.46. The smallest absolute Gasteiger partial charge is 0.140 e. The lowest BCUT2D eigenvalue weighted by Gasteiger charge is -1.95. The molecule has 1 aromatic rings. The van der Waals surface area contributed by atoms with E-state index in [1.807, 2.05) is 6.07 Å². The minimum absolute atomic E-state index is 0.404. The molecule has 0 saturated heterocycles. The molecule has 2 heteroatoms. The van der Waals surface area contributed by atoms with Crippen molar-refractivity contribution in [2.75, 3.05) is 0 Å². The third-order valence-corrected chi connectivity index (χ3v) is 1.36. The van der Waals surface area contributed by atoms with E-state index in [9.17, 15) is 0 Å². The fourth-order valence-electron chi connectivity index (χ4n) is 0.776. The molecule has 0 aliphatic rings. The van der Waals surface area contributed by atoms with Gasteiger partial charge < -0.3 is 0 Å². The number of aromatic nitrogens is 1. The van der Waals surface area contributed by atoms with Crippen LogP contribution in [0.15, 0.2) is 12.1 Å². The zero-order chi connectivity index (χ0) is 8.27. The van der Waals surface area contributed by atoms with Crippen molar-refractivity contribution in [1.82, 2.24) is 4.98 Å². The first-order valence-electron chi connectivity index (χ1n) is 3.12. The van der Waals surface area contributed by atoms with Gasteiger partial charge in [0.05, 0.1) is 5.69 Å². The first-order chi connectivity index (χ1) is 5.27. The van der Waals surface area contributed by atoms with Crippen LogP contribution < -0.4 is 0 Å². The van der Waals surface area contributed by atoms with Crippen molar-refractivity contribution >= 4 is 0 Å². The highest BCUT2D eigenvalue weighted by Gasteiger charge is 1.96. The number of hydrogen-bond acceptors (Lipinski definition) is 2. The van der Waals surface area contributed by atoms with Crippen molar-refractivity contribution in [3.63, 3.8) is 0 Å². The summed E-state index contributed by atoms with van der Waals surface area (Å²) in [5, 5.41) is 8.46. The Balaban J connectivity index is 3.25. The van der Waals surface area contributed by atoms with Crippen LogP contribution in [0.4, 0.5) is 0 Å². The zero-order valence-electron chi connectivity index (χ0n) is 6.13. The van der Waals surface area contributed by atoms with Gasteiger partial charge in [-0.1, -0.05) is 5.92 Å². The van der Waals surface area contributed by atoms with Crippen LogP contribution in [0, 0.1) is 30.6 Å². The third-order valence-electron chi connectivity index (χ3n) is 1.36. The average molecular weight is 142 g/mol. The van der Waals surface area contributed by atoms with Crippen molar-refractivity contribution in [2.24, 2.45) is 0 Å². The van der Waals surface area contributed by atoms with Crippen LogP contribution in [-0.4, -0.2) is 4.98 Å². The lowest BCUT2D eigenvalue weighted by molar-refractivity contribution is 1.15. The van der Waals surface area contributed by atoms with E-state index in [2.05, 4.69) is 10.9 Å². The molecule has 0 aliphatic carbocycles. The Labute approximate surface area is 65.5 Å². The van der Waals surface area contributed by atoms with E-state index in [0.29, 0.717) is 5.69 Å². The van der Waals surface area contributed by atoms with E-state index in [1.54, 1.807) is 19.1 Å². The summed E-state index contributed by atoms with van der Waals surface area (Å²) in [7, 11) is 0. The van der Waals surface area contributed by atoms with Crippen molar-refractivity contribution in [2.45, 2.75) is 6.92 Å². The Kier molecular flexibility index (Phi) is 1.90. The number of terminal acetylenes is 1. The molecule has 0 bridgehead atoms. The number of hydrogen-bond donors (Lipinski definition) is 0. The Morgan fingerprint density at radius 2 is 2.27 bits per heavy atom. The molecule has 0 unspecified atom stereocenters. The van der Waals surface area contributed by atoms with Crippen molar-refractivity contribution in [1.29, 1.82) is 5.26 Å². The molecule has 2 nitrogen and oxygen atoms in total. The average Bonchev–Trinajstić information content (AvgIpc) is 2.04. The summed E-state index contributed by atoms with van der Waals surface area (Å²) >= 11 is 0. The molecular formula is C9H6N2. The molecule has 0 N–H and O–H groups in total. The van der Waals surface area contributed by atoms with Gasteiger partial charge in [-0.05, 0) is 19.1 Å². The van der Waals surface area contributed by atoms with E-state index in [4.69, 9.17) is 11.7 Å². The summed E-state index contributed by atoms with van der Waals surface area (Å²) in [6.07, 6.45) is 5.17. The molecule has 11 heavy (non-hydrogen) atoms. The fourth-order valence-corrected chi connectivity index (χ4v) is 0.776. The molecule has 1 rings (SSSR count). The Morgan fingerprint density at radius 3 is 2.73 bits per heavy atom. The maximum atomic E-state index is 8.46. The predicted molar refractivity (Wildman–Crippen MR) is 41.6 cm³/mol. The van der Waals surface area contributed by atoms with Crippen molar-refractivity contribution < 1.29 is 0 Å². The molecule has 0 fully saturated rings. The predicted octanol–water partition coefficient (Wildman–Crippen LogP) is 1.24. The van der Waals surface area contributed by atoms with E-state index in [0.717, 1.165) is 11.3 Å². The number of nitrogens with zero attached hydrogens (tertiary/aromatic N) is 2. The molecule has 1 aromatic heterocycles. The van der Waals surface area contributed by atoms with Gasteiger partial charge in [-0.3, -0.25) is 0 Å². The number of pyridine rings is 1. The molecule has 0 aromatic carbocycles. The lowest BCUT2D eigenvalue weighted by atomic mass is 10.2. The summed E-state index contributed by atoms with van der Waals surface area (Å²) in [6, 6.07) is 5.28. The molecule has 0 atom stereocenters. The highest BCUT2D eigenvalue weighted by atomic mass is 14.7. The number of rotatable bonds is 0. The fraction of sp³-hybridized carbons (Fsp3) is 0.111. The molecule has 0 saturated carbocycles. The zero-order valence-corrected chi connectivity index (χ0v) is 6.13. The van der Waals surface area contributed by atoms with Crippen LogP contribution in [-0.2, 0) is 0 Å². The Bertz CT molecular complexity index is 353. The normalized spacial score (nSPS) is 8.27. The standard InChI is InChI=1S/C9H6N2/c1-3-8-4-5-9(6-10)11-7(8)2/h1,4-5H,2H3.